The van der Waals surface area contributed by atoms with Crippen LogP contribution in [0.3, 0.4) is 0 Å². The quantitative estimate of drug-likeness (QED) is 0.673. The molecule has 0 bridgehead atoms. The van der Waals surface area contributed by atoms with Crippen LogP contribution < -0.4 is 5.32 Å². The molecule has 1 aromatic rings. The molecular formula is C14H19NO4S. The highest BCUT2D eigenvalue weighted by atomic mass is 32.2. The number of hydrogen-bond donors (Lipinski definition) is 2. The fraction of sp³-hybridized carbons (Fsp3) is 0.429. The van der Waals surface area contributed by atoms with Crippen LogP contribution in [-0.4, -0.2) is 41.6 Å². The first-order chi connectivity index (χ1) is 9.63. The van der Waals surface area contributed by atoms with Crippen molar-refractivity contribution in [2.45, 2.75) is 19.1 Å². The highest BCUT2D eigenvalue weighted by molar-refractivity contribution is 7.98. The second-order valence-corrected chi connectivity index (χ2v) is 5.19. The standard InChI is InChI=1S/C14H19NO4S/c1-20-8-7-12(14(17)18)15-9-13(16)19-10-11-5-3-2-4-6-11/h2-6,12,15H,7-10H2,1H3,(H,17,18)/t12-/m1/s1. The van der Waals surface area contributed by atoms with E-state index in [2.05, 4.69) is 5.32 Å². The predicted molar refractivity (Wildman–Crippen MR) is 78.7 cm³/mol. The zero-order chi connectivity index (χ0) is 14.8. The smallest absolute Gasteiger partial charge is 0.320 e. The van der Waals surface area contributed by atoms with Gasteiger partial charge in [-0.1, -0.05) is 30.3 Å². The average Bonchev–Trinajstić information content (AvgIpc) is 2.46. The minimum absolute atomic E-state index is 0.0990. The van der Waals surface area contributed by atoms with Crippen LogP contribution in [0.15, 0.2) is 30.3 Å². The van der Waals surface area contributed by atoms with Crippen LogP contribution >= 0.6 is 11.8 Å². The highest BCUT2D eigenvalue weighted by Crippen LogP contribution is 2.02. The molecule has 6 heteroatoms. The van der Waals surface area contributed by atoms with Gasteiger partial charge >= 0.3 is 11.9 Å². The summed E-state index contributed by atoms with van der Waals surface area (Å²) in [5, 5.41) is 11.7. The fourth-order valence-electron chi connectivity index (χ4n) is 1.54. The number of thioether (sulfide) groups is 1. The number of hydrogen-bond acceptors (Lipinski definition) is 5. The molecule has 0 unspecified atom stereocenters. The van der Waals surface area contributed by atoms with Gasteiger partial charge in [0.05, 0.1) is 6.54 Å². The molecule has 0 saturated heterocycles. The van der Waals surface area contributed by atoms with Crippen molar-refractivity contribution in [1.82, 2.24) is 5.32 Å². The van der Waals surface area contributed by atoms with E-state index in [-0.39, 0.29) is 13.2 Å². The predicted octanol–water partition coefficient (Wildman–Crippen LogP) is 1.53. The number of carbonyl (C=O) groups is 2. The van der Waals surface area contributed by atoms with Crippen molar-refractivity contribution in [3.05, 3.63) is 35.9 Å². The summed E-state index contributed by atoms with van der Waals surface area (Å²) in [6.45, 7) is 0.0993. The lowest BCUT2D eigenvalue weighted by atomic mass is 10.2. The van der Waals surface area contributed by atoms with Gasteiger partial charge in [-0.05, 0) is 24.0 Å². The number of esters is 1. The maximum atomic E-state index is 11.5. The molecule has 1 atom stereocenters. The van der Waals surface area contributed by atoms with Gasteiger partial charge in [0.1, 0.15) is 12.6 Å². The maximum absolute atomic E-state index is 11.5. The number of nitrogens with one attached hydrogen (secondary N) is 1. The normalized spacial score (nSPS) is 11.8. The molecule has 2 N–H and O–H groups in total. The maximum Gasteiger partial charge on any atom is 0.320 e. The van der Waals surface area contributed by atoms with E-state index in [1.165, 1.54) is 0 Å². The molecule has 0 saturated carbocycles. The van der Waals surface area contributed by atoms with Crippen molar-refractivity contribution in [3.8, 4) is 0 Å². The van der Waals surface area contributed by atoms with Gasteiger partial charge in [-0.25, -0.2) is 0 Å². The molecule has 0 aliphatic rings. The third kappa shape index (κ3) is 6.58. The molecule has 20 heavy (non-hydrogen) atoms. The zero-order valence-corrected chi connectivity index (χ0v) is 12.2. The van der Waals surface area contributed by atoms with Crippen LogP contribution in [0.1, 0.15) is 12.0 Å². The zero-order valence-electron chi connectivity index (χ0n) is 11.4. The molecule has 0 amide bonds. The molecule has 0 aliphatic carbocycles. The topological polar surface area (TPSA) is 75.6 Å². The van der Waals surface area contributed by atoms with E-state index in [4.69, 9.17) is 9.84 Å². The number of aliphatic carboxylic acids is 1. The molecule has 0 aliphatic heterocycles. The molecule has 0 aromatic heterocycles. The number of ether oxygens (including phenoxy) is 1. The van der Waals surface area contributed by atoms with Gasteiger partial charge in [0, 0.05) is 0 Å². The fourth-order valence-corrected chi connectivity index (χ4v) is 2.02. The van der Waals surface area contributed by atoms with Crippen LogP contribution in [0, 0.1) is 0 Å². The lowest BCUT2D eigenvalue weighted by Crippen LogP contribution is -2.40. The van der Waals surface area contributed by atoms with Crippen molar-refractivity contribution >= 4 is 23.7 Å². The van der Waals surface area contributed by atoms with Crippen LogP contribution in [0.4, 0.5) is 0 Å². The van der Waals surface area contributed by atoms with Gasteiger partial charge in [-0.15, -0.1) is 0 Å². The highest BCUT2D eigenvalue weighted by Gasteiger charge is 2.17. The van der Waals surface area contributed by atoms with E-state index in [1.54, 1.807) is 11.8 Å². The first kappa shape index (κ1) is 16.5. The Morgan fingerprint density at radius 1 is 1.35 bits per heavy atom. The van der Waals surface area contributed by atoms with Crippen molar-refractivity contribution in [2.24, 2.45) is 0 Å². The molecule has 0 heterocycles. The summed E-state index contributed by atoms with van der Waals surface area (Å²) >= 11 is 1.57. The van der Waals surface area contributed by atoms with Crippen molar-refractivity contribution in [2.75, 3.05) is 18.6 Å². The van der Waals surface area contributed by atoms with Crippen molar-refractivity contribution < 1.29 is 19.4 Å². The van der Waals surface area contributed by atoms with Gasteiger partial charge in [0.15, 0.2) is 0 Å². The Balaban J connectivity index is 2.29. The van der Waals surface area contributed by atoms with Gasteiger partial charge in [0.2, 0.25) is 0 Å². The van der Waals surface area contributed by atoms with E-state index >= 15 is 0 Å². The molecule has 0 radical (unpaired) electrons. The minimum Gasteiger partial charge on any atom is -0.480 e. The molecular weight excluding hydrogens is 278 g/mol. The number of carboxylic acids is 1. The summed E-state index contributed by atoms with van der Waals surface area (Å²) < 4.78 is 5.06. The van der Waals surface area contributed by atoms with E-state index in [9.17, 15) is 9.59 Å². The molecule has 1 aromatic carbocycles. The van der Waals surface area contributed by atoms with Gasteiger partial charge in [-0.2, -0.15) is 11.8 Å². The number of carboxylic acid groups (broad SMARTS) is 1. The molecule has 0 fully saturated rings. The summed E-state index contributed by atoms with van der Waals surface area (Å²) in [6.07, 6.45) is 2.38. The summed E-state index contributed by atoms with van der Waals surface area (Å²) in [7, 11) is 0. The SMILES string of the molecule is CSCC[C@@H](NCC(=O)OCc1ccccc1)C(=O)O. The first-order valence-electron chi connectivity index (χ1n) is 6.28. The molecule has 1 rings (SSSR count). The molecule has 110 valence electrons. The second-order valence-electron chi connectivity index (χ2n) is 4.20. The van der Waals surface area contributed by atoms with E-state index in [0.29, 0.717) is 6.42 Å². The number of benzene rings is 1. The first-order valence-corrected chi connectivity index (χ1v) is 7.67. The van der Waals surface area contributed by atoms with Crippen LogP contribution in [0.25, 0.3) is 0 Å². The lowest BCUT2D eigenvalue weighted by Gasteiger charge is -2.13. The monoisotopic (exact) mass is 297 g/mol. The number of carbonyl (C=O) groups excluding carboxylic acids is 1. The van der Waals surface area contributed by atoms with E-state index in [1.807, 2.05) is 36.6 Å². The Hall–Kier alpha value is -1.53. The Labute approximate surface area is 122 Å². The summed E-state index contributed by atoms with van der Waals surface area (Å²) in [4.78, 5) is 22.5. The van der Waals surface area contributed by atoms with Crippen LogP contribution in [0.2, 0.25) is 0 Å². The summed E-state index contributed by atoms with van der Waals surface area (Å²) in [6, 6.07) is 8.62. The minimum atomic E-state index is -0.949. The Morgan fingerprint density at radius 3 is 2.65 bits per heavy atom. The summed E-state index contributed by atoms with van der Waals surface area (Å²) in [5.74, 6) is -0.678. The third-order valence-electron chi connectivity index (χ3n) is 2.64. The Kier molecular flexibility index (Phi) is 7.75. The average molecular weight is 297 g/mol. The van der Waals surface area contributed by atoms with Crippen molar-refractivity contribution in [1.29, 1.82) is 0 Å². The third-order valence-corrected chi connectivity index (χ3v) is 3.29. The molecule has 5 nitrogen and oxygen atoms in total. The largest absolute Gasteiger partial charge is 0.480 e. The van der Waals surface area contributed by atoms with E-state index < -0.39 is 18.0 Å². The second kappa shape index (κ2) is 9.39. The van der Waals surface area contributed by atoms with Gasteiger partial charge < -0.3 is 9.84 Å². The van der Waals surface area contributed by atoms with E-state index in [0.717, 1.165) is 11.3 Å². The summed E-state index contributed by atoms with van der Waals surface area (Å²) in [5.41, 5.74) is 0.901. The van der Waals surface area contributed by atoms with Gasteiger partial charge in [-0.3, -0.25) is 14.9 Å². The van der Waals surface area contributed by atoms with Crippen LogP contribution in [0.5, 0.6) is 0 Å². The Bertz CT molecular complexity index is 424. The van der Waals surface area contributed by atoms with Crippen LogP contribution in [-0.2, 0) is 20.9 Å². The molecule has 0 spiro atoms. The van der Waals surface area contributed by atoms with Gasteiger partial charge in [0.25, 0.3) is 0 Å². The van der Waals surface area contributed by atoms with Crippen molar-refractivity contribution in [3.63, 3.8) is 0 Å². The Morgan fingerprint density at radius 2 is 2.05 bits per heavy atom. The number of rotatable bonds is 9. The lowest BCUT2D eigenvalue weighted by molar-refractivity contribution is -0.144.